The molecule has 0 atom stereocenters. The largest absolute Gasteiger partial charge is 0.365 e. The number of hydrogen-bond acceptors (Lipinski definition) is 5. The number of nitrogens with one attached hydrogen (secondary N) is 2. The average Bonchev–Trinajstić information content (AvgIpc) is 2.58. The molecule has 0 saturated heterocycles. The maximum absolute atomic E-state index is 4.44. The minimum atomic E-state index is 0.478. The molecule has 5 nitrogen and oxygen atoms in total. The summed E-state index contributed by atoms with van der Waals surface area (Å²) >= 11 is 0. The molecule has 2 N–H and O–H groups in total. The predicted octanol–water partition coefficient (Wildman–Crippen LogP) is 3.84. The number of rotatable bonds is 5. The predicted molar refractivity (Wildman–Crippen MR) is 92.8 cm³/mol. The van der Waals surface area contributed by atoms with E-state index < -0.39 is 0 Å². The van der Waals surface area contributed by atoms with Gasteiger partial charge in [-0.25, -0.2) is 0 Å². The Morgan fingerprint density at radius 2 is 1.78 bits per heavy atom. The van der Waals surface area contributed by atoms with Gasteiger partial charge in [-0.2, -0.15) is 10.1 Å². The van der Waals surface area contributed by atoms with Crippen LogP contribution in [-0.2, 0) is 6.54 Å². The van der Waals surface area contributed by atoms with Crippen molar-refractivity contribution in [2.75, 3.05) is 10.6 Å². The molecule has 0 radical (unpaired) electrons. The normalized spacial score (nSPS) is 10.3. The third-order valence-electron chi connectivity index (χ3n) is 3.64. The van der Waals surface area contributed by atoms with E-state index in [1.165, 1.54) is 16.7 Å². The van der Waals surface area contributed by atoms with E-state index in [-0.39, 0.29) is 0 Å². The van der Waals surface area contributed by atoms with E-state index in [0.29, 0.717) is 18.3 Å². The molecule has 0 bridgehead atoms. The van der Waals surface area contributed by atoms with E-state index in [1.54, 1.807) is 6.20 Å². The zero-order chi connectivity index (χ0) is 16.1. The van der Waals surface area contributed by atoms with Crippen LogP contribution in [0.1, 0.15) is 16.7 Å². The minimum Gasteiger partial charge on any atom is -0.365 e. The van der Waals surface area contributed by atoms with Crippen molar-refractivity contribution >= 4 is 17.5 Å². The Bertz CT molecular complexity index is 786. The van der Waals surface area contributed by atoms with Gasteiger partial charge in [0.05, 0.1) is 6.20 Å². The van der Waals surface area contributed by atoms with Crippen LogP contribution < -0.4 is 10.6 Å². The maximum atomic E-state index is 4.44. The van der Waals surface area contributed by atoms with E-state index in [9.17, 15) is 0 Å². The lowest BCUT2D eigenvalue weighted by atomic mass is 10.1. The molecule has 2 aromatic carbocycles. The highest BCUT2D eigenvalue weighted by Crippen LogP contribution is 2.17. The average molecular weight is 305 g/mol. The number of anilines is 3. The van der Waals surface area contributed by atoms with Gasteiger partial charge in [0, 0.05) is 12.2 Å². The van der Waals surface area contributed by atoms with Crippen molar-refractivity contribution in [3.05, 3.63) is 71.4 Å². The van der Waals surface area contributed by atoms with Gasteiger partial charge in [-0.1, -0.05) is 36.4 Å². The van der Waals surface area contributed by atoms with Crippen molar-refractivity contribution in [1.29, 1.82) is 0 Å². The van der Waals surface area contributed by atoms with Gasteiger partial charge in [0.15, 0.2) is 5.82 Å². The molecule has 1 aromatic heterocycles. The molecule has 3 aromatic rings. The number of benzene rings is 2. The Hall–Kier alpha value is -2.95. The summed E-state index contributed by atoms with van der Waals surface area (Å²) in [5.41, 5.74) is 4.62. The second-order valence-corrected chi connectivity index (χ2v) is 5.43. The Morgan fingerprint density at radius 1 is 0.957 bits per heavy atom. The Labute approximate surface area is 135 Å². The number of aryl methyl sites for hydroxylation is 2. The molecule has 1 heterocycles. The van der Waals surface area contributed by atoms with Crippen LogP contribution in [0.4, 0.5) is 17.5 Å². The fourth-order valence-corrected chi connectivity index (χ4v) is 2.18. The number of aromatic nitrogens is 3. The Morgan fingerprint density at radius 3 is 2.57 bits per heavy atom. The molecule has 0 saturated carbocycles. The van der Waals surface area contributed by atoms with Crippen LogP contribution in [0.5, 0.6) is 0 Å². The van der Waals surface area contributed by atoms with Crippen LogP contribution in [0.3, 0.4) is 0 Å². The van der Waals surface area contributed by atoms with Gasteiger partial charge in [0.2, 0.25) is 5.95 Å². The van der Waals surface area contributed by atoms with Crippen molar-refractivity contribution < 1.29 is 0 Å². The molecular weight excluding hydrogens is 286 g/mol. The lowest BCUT2D eigenvalue weighted by molar-refractivity contribution is 0.965. The maximum Gasteiger partial charge on any atom is 0.249 e. The summed E-state index contributed by atoms with van der Waals surface area (Å²) < 4.78 is 0. The van der Waals surface area contributed by atoms with Gasteiger partial charge in [-0.3, -0.25) is 0 Å². The van der Waals surface area contributed by atoms with E-state index >= 15 is 0 Å². The molecule has 0 aliphatic rings. The lowest BCUT2D eigenvalue weighted by Gasteiger charge is -2.09. The van der Waals surface area contributed by atoms with Gasteiger partial charge >= 0.3 is 0 Å². The quantitative estimate of drug-likeness (QED) is 0.750. The number of hydrogen-bond donors (Lipinski definition) is 2. The van der Waals surface area contributed by atoms with Crippen molar-refractivity contribution in [1.82, 2.24) is 15.2 Å². The summed E-state index contributed by atoms with van der Waals surface area (Å²) in [4.78, 5) is 4.44. The molecule has 23 heavy (non-hydrogen) atoms. The molecular formula is C18H19N5. The van der Waals surface area contributed by atoms with Gasteiger partial charge in [-0.05, 0) is 42.7 Å². The van der Waals surface area contributed by atoms with Crippen LogP contribution >= 0.6 is 0 Å². The van der Waals surface area contributed by atoms with Crippen LogP contribution in [0, 0.1) is 13.8 Å². The fraction of sp³-hybridized carbons (Fsp3) is 0.167. The molecule has 0 amide bonds. The lowest BCUT2D eigenvalue weighted by Crippen LogP contribution is -2.05. The first-order valence-electron chi connectivity index (χ1n) is 7.52. The minimum absolute atomic E-state index is 0.478. The standard InChI is InChI=1S/C18H19N5/c1-13-8-9-16(10-14(13)2)21-18-22-17(12-20-23-18)19-11-15-6-4-3-5-7-15/h3-10,12H,11H2,1-2H3,(H2,19,21,22,23). The third-order valence-corrected chi connectivity index (χ3v) is 3.64. The molecule has 0 unspecified atom stereocenters. The Kier molecular flexibility index (Phi) is 4.47. The highest BCUT2D eigenvalue weighted by Gasteiger charge is 2.02. The van der Waals surface area contributed by atoms with E-state index in [0.717, 1.165) is 5.69 Å². The molecule has 116 valence electrons. The smallest absolute Gasteiger partial charge is 0.249 e. The van der Waals surface area contributed by atoms with Crippen LogP contribution in [0.2, 0.25) is 0 Å². The summed E-state index contributed by atoms with van der Waals surface area (Å²) in [6.07, 6.45) is 1.62. The zero-order valence-electron chi connectivity index (χ0n) is 13.2. The number of nitrogens with zero attached hydrogens (tertiary/aromatic N) is 3. The summed E-state index contributed by atoms with van der Waals surface area (Å²) in [5.74, 6) is 1.17. The van der Waals surface area contributed by atoms with Gasteiger partial charge in [0.1, 0.15) is 0 Å². The first-order chi connectivity index (χ1) is 11.2. The van der Waals surface area contributed by atoms with Crippen LogP contribution in [-0.4, -0.2) is 15.2 Å². The van der Waals surface area contributed by atoms with Gasteiger partial charge in [0.25, 0.3) is 0 Å². The summed E-state index contributed by atoms with van der Waals surface area (Å²) in [6.45, 7) is 4.87. The molecule has 0 aliphatic heterocycles. The monoisotopic (exact) mass is 305 g/mol. The van der Waals surface area contributed by atoms with Crippen molar-refractivity contribution in [2.45, 2.75) is 20.4 Å². The molecule has 0 spiro atoms. The van der Waals surface area contributed by atoms with Gasteiger partial charge < -0.3 is 10.6 Å². The molecule has 0 fully saturated rings. The summed E-state index contributed by atoms with van der Waals surface area (Å²) in [5, 5.41) is 14.5. The SMILES string of the molecule is Cc1ccc(Nc2nncc(NCc3ccccc3)n2)cc1C. The van der Waals surface area contributed by atoms with E-state index in [2.05, 4.69) is 63.9 Å². The van der Waals surface area contributed by atoms with Crippen molar-refractivity contribution in [3.8, 4) is 0 Å². The Balaban J connectivity index is 1.68. The second-order valence-electron chi connectivity index (χ2n) is 5.43. The molecule has 3 rings (SSSR count). The van der Waals surface area contributed by atoms with Crippen LogP contribution in [0.25, 0.3) is 0 Å². The van der Waals surface area contributed by atoms with Crippen LogP contribution in [0.15, 0.2) is 54.7 Å². The first kappa shape index (κ1) is 15.0. The summed E-state index contributed by atoms with van der Waals surface area (Å²) in [7, 11) is 0. The van der Waals surface area contributed by atoms with E-state index in [4.69, 9.17) is 0 Å². The topological polar surface area (TPSA) is 62.7 Å². The van der Waals surface area contributed by atoms with E-state index in [1.807, 2.05) is 24.3 Å². The summed E-state index contributed by atoms with van der Waals surface area (Å²) in [6, 6.07) is 16.3. The zero-order valence-corrected chi connectivity index (χ0v) is 13.2. The second kappa shape index (κ2) is 6.87. The highest BCUT2D eigenvalue weighted by molar-refractivity contribution is 5.56. The van der Waals surface area contributed by atoms with Gasteiger partial charge in [-0.15, -0.1) is 5.10 Å². The highest BCUT2D eigenvalue weighted by atomic mass is 15.3. The fourth-order valence-electron chi connectivity index (χ4n) is 2.18. The third kappa shape index (κ3) is 4.03. The van der Waals surface area contributed by atoms with Crippen molar-refractivity contribution in [3.63, 3.8) is 0 Å². The molecule has 0 aliphatic carbocycles. The first-order valence-corrected chi connectivity index (χ1v) is 7.52. The van der Waals surface area contributed by atoms with Crippen molar-refractivity contribution in [2.24, 2.45) is 0 Å². The molecule has 5 heteroatoms.